The van der Waals surface area contributed by atoms with E-state index < -0.39 is 0 Å². The van der Waals surface area contributed by atoms with Gasteiger partial charge in [0.05, 0.1) is 5.69 Å². The van der Waals surface area contributed by atoms with Crippen molar-refractivity contribution in [2.75, 3.05) is 36.0 Å². The molecule has 2 heterocycles. The molecular formula is C23H26N4. The average Bonchev–Trinajstić information content (AvgIpc) is 2.72. The number of aryl methyl sites for hydroxylation is 2. The van der Waals surface area contributed by atoms with Gasteiger partial charge in [0, 0.05) is 31.9 Å². The Bertz CT molecular complexity index is 882. The van der Waals surface area contributed by atoms with Crippen molar-refractivity contribution in [3.8, 4) is 0 Å². The smallest absolute Gasteiger partial charge is 0.151 e. The molecule has 0 saturated carbocycles. The highest BCUT2D eigenvalue weighted by Crippen LogP contribution is 2.21. The Morgan fingerprint density at radius 1 is 0.778 bits per heavy atom. The van der Waals surface area contributed by atoms with E-state index in [0.29, 0.717) is 0 Å². The molecule has 0 N–H and O–H groups in total. The molecule has 0 spiro atoms. The summed E-state index contributed by atoms with van der Waals surface area (Å²) in [6.07, 6.45) is 0.901. The van der Waals surface area contributed by atoms with Crippen LogP contribution in [0.5, 0.6) is 0 Å². The molecule has 1 aliphatic rings. The molecule has 0 bridgehead atoms. The lowest BCUT2D eigenvalue weighted by Crippen LogP contribution is -2.47. The third-order valence-corrected chi connectivity index (χ3v) is 5.31. The predicted octanol–water partition coefficient (Wildman–Crippen LogP) is 4.01. The molecule has 27 heavy (non-hydrogen) atoms. The molecule has 4 rings (SSSR count). The van der Waals surface area contributed by atoms with Crippen LogP contribution in [0.4, 0.5) is 11.5 Å². The molecular weight excluding hydrogens is 332 g/mol. The minimum absolute atomic E-state index is 0.901. The molecule has 4 nitrogen and oxygen atoms in total. The van der Waals surface area contributed by atoms with Gasteiger partial charge in [-0.25, -0.2) is 0 Å². The predicted molar refractivity (Wildman–Crippen MR) is 112 cm³/mol. The second-order valence-corrected chi connectivity index (χ2v) is 7.29. The molecule has 4 heteroatoms. The van der Waals surface area contributed by atoms with E-state index >= 15 is 0 Å². The van der Waals surface area contributed by atoms with Crippen LogP contribution in [0, 0.1) is 13.8 Å². The lowest BCUT2D eigenvalue weighted by molar-refractivity contribution is 0.642. The van der Waals surface area contributed by atoms with E-state index in [9.17, 15) is 0 Å². The Labute approximate surface area is 161 Å². The summed E-state index contributed by atoms with van der Waals surface area (Å²) in [5.74, 6) is 0.996. The number of benzene rings is 2. The Morgan fingerprint density at radius 2 is 1.44 bits per heavy atom. The van der Waals surface area contributed by atoms with E-state index in [2.05, 4.69) is 87.6 Å². The van der Waals surface area contributed by atoms with Crippen LogP contribution in [0.2, 0.25) is 0 Å². The van der Waals surface area contributed by atoms with Crippen molar-refractivity contribution < 1.29 is 0 Å². The highest BCUT2D eigenvalue weighted by Gasteiger charge is 2.19. The SMILES string of the molecule is Cc1ccc(Cc2cc(N3CCN(c4ccccc4)CC3)nnc2C)cc1. The molecule has 138 valence electrons. The van der Waals surface area contributed by atoms with Gasteiger partial charge in [-0.2, -0.15) is 5.10 Å². The van der Waals surface area contributed by atoms with Crippen molar-refractivity contribution in [3.63, 3.8) is 0 Å². The summed E-state index contributed by atoms with van der Waals surface area (Å²) in [5.41, 5.74) is 6.18. The fraction of sp³-hybridized carbons (Fsp3) is 0.304. The van der Waals surface area contributed by atoms with Crippen molar-refractivity contribution in [1.82, 2.24) is 10.2 Å². The van der Waals surface area contributed by atoms with Gasteiger partial charge in [0.1, 0.15) is 0 Å². The minimum atomic E-state index is 0.901. The number of hydrogen-bond acceptors (Lipinski definition) is 4. The number of para-hydroxylation sites is 1. The van der Waals surface area contributed by atoms with Crippen LogP contribution >= 0.6 is 0 Å². The van der Waals surface area contributed by atoms with Crippen LogP contribution in [0.1, 0.15) is 22.4 Å². The third-order valence-electron chi connectivity index (χ3n) is 5.31. The van der Waals surface area contributed by atoms with Crippen molar-refractivity contribution in [2.24, 2.45) is 0 Å². The number of rotatable bonds is 4. The maximum absolute atomic E-state index is 4.47. The summed E-state index contributed by atoms with van der Waals surface area (Å²) < 4.78 is 0. The van der Waals surface area contributed by atoms with E-state index in [4.69, 9.17) is 0 Å². The van der Waals surface area contributed by atoms with Gasteiger partial charge in [0.2, 0.25) is 0 Å². The molecule has 0 unspecified atom stereocenters. The summed E-state index contributed by atoms with van der Waals surface area (Å²) in [4.78, 5) is 4.79. The van der Waals surface area contributed by atoms with Gasteiger partial charge in [-0.05, 0) is 49.6 Å². The Hall–Kier alpha value is -2.88. The minimum Gasteiger partial charge on any atom is -0.368 e. The van der Waals surface area contributed by atoms with E-state index in [1.807, 2.05) is 6.92 Å². The first-order valence-corrected chi connectivity index (χ1v) is 9.63. The number of anilines is 2. The van der Waals surface area contributed by atoms with Crippen LogP contribution < -0.4 is 9.80 Å². The zero-order chi connectivity index (χ0) is 18.6. The fourth-order valence-electron chi connectivity index (χ4n) is 3.57. The van der Waals surface area contributed by atoms with Crippen LogP contribution in [-0.2, 0) is 6.42 Å². The van der Waals surface area contributed by atoms with Crippen LogP contribution in [0.3, 0.4) is 0 Å². The molecule has 0 atom stereocenters. The normalized spacial score (nSPS) is 14.4. The monoisotopic (exact) mass is 358 g/mol. The topological polar surface area (TPSA) is 32.3 Å². The second kappa shape index (κ2) is 7.78. The van der Waals surface area contributed by atoms with Gasteiger partial charge in [-0.1, -0.05) is 48.0 Å². The fourth-order valence-corrected chi connectivity index (χ4v) is 3.57. The first kappa shape index (κ1) is 17.5. The summed E-state index contributed by atoms with van der Waals surface area (Å²) in [7, 11) is 0. The van der Waals surface area contributed by atoms with Gasteiger partial charge >= 0.3 is 0 Å². The molecule has 2 aromatic carbocycles. The van der Waals surface area contributed by atoms with E-state index in [1.165, 1.54) is 22.4 Å². The Balaban J connectivity index is 1.46. The maximum Gasteiger partial charge on any atom is 0.151 e. The summed E-state index contributed by atoms with van der Waals surface area (Å²) in [6.45, 7) is 8.12. The van der Waals surface area contributed by atoms with Crippen molar-refractivity contribution in [3.05, 3.63) is 83.0 Å². The van der Waals surface area contributed by atoms with Gasteiger partial charge < -0.3 is 9.80 Å². The van der Waals surface area contributed by atoms with Gasteiger partial charge in [-0.15, -0.1) is 5.10 Å². The zero-order valence-corrected chi connectivity index (χ0v) is 16.1. The van der Waals surface area contributed by atoms with E-state index in [-0.39, 0.29) is 0 Å². The molecule has 1 aromatic heterocycles. The third kappa shape index (κ3) is 4.11. The lowest BCUT2D eigenvalue weighted by atomic mass is 10.0. The van der Waals surface area contributed by atoms with Gasteiger partial charge in [-0.3, -0.25) is 0 Å². The molecule has 3 aromatic rings. The summed E-state index contributed by atoms with van der Waals surface area (Å²) in [5, 5.41) is 8.91. The van der Waals surface area contributed by atoms with E-state index in [1.54, 1.807) is 0 Å². The second-order valence-electron chi connectivity index (χ2n) is 7.29. The number of aromatic nitrogens is 2. The van der Waals surface area contributed by atoms with Gasteiger partial charge in [0.25, 0.3) is 0 Å². The highest BCUT2D eigenvalue weighted by atomic mass is 15.3. The molecule has 1 aliphatic heterocycles. The highest BCUT2D eigenvalue weighted by molar-refractivity contribution is 5.50. The molecule has 1 fully saturated rings. The Kier molecular flexibility index (Phi) is 5.05. The van der Waals surface area contributed by atoms with Crippen LogP contribution in [0.25, 0.3) is 0 Å². The van der Waals surface area contributed by atoms with Crippen molar-refractivity contribution in [1.29, 1.82) is 0 Å². The number of hydrogen-bond donors (Lipinski definition) is 0. The Morgan fingerprint density at radius 3 is 2.15 bits per heavy atom. The van der Waals surface area contributed by atoms with Crippen molar-refractivity contribution in [2.45, 2.75) is 20.3 Å². The molecule has 0 aliphatic carbocycles. The van der Waals surface area contributed by atoms with Crippen LogP contribution in [0.15, 0.2) is 60.7 Å². The molecule has 0 radical (unpaired) electrons. The summed E-state index contributed by atoms with van der Waals surface area (Å²) in [6, 6.07) is 21.6. The standard InChI is InChI=1S/C23H26N4/c1-18-8-10-20(11-9-18)16-21-17-23(25-24-19(21)2)27-14-12-26(13-15-27)22-6-4-3-5-7-22/h3-11,17H,12-16H2,1-2H3. The average molecular weight is 358 g/mol. The number of piperazine rings is 1. The maximum atomic E-state index is 4.47. The van der Waals surface area contributed by atoms with Crippen LogP contribution in [-0.4, -0.2) is 36.4 Å². The van der Waals surface area contributed by atoms with Crippen molar-refractivity contribution >= 4 is 11.5 Å². The van der Waals surface area contributed by atoms with E-state index in [0.717, 1.165) is 44.1 Å². The first-order valence-electron chi connectivity index (χ1n) is 9.63. The molecule has 1 saturated heterocycles. The van der Waals surface area contributed by atoms with Gasteiger partial charge in [0.15, 0.2) is 5.82 Å². The summed E-state index contributed by atoms with van der Waals surface area (Å²) >= 11 is 0. The number of nitrogens with zero attached hydrogens (tertiary/aromatic N) is 4. The quantitative estimate of drug-likeness (QED) is 0.705. The zero-order valence-electron chi connectivity index (χ0n) is 16.1. The molecule has 0 amide bonds. The lowest BCUT2D eigenvalue weighted by Gasteiger charge is -2.36. The first-order chi connectivity index (χ1) is 13.2. The largest absolute Gasteiger partial charge is 0.368 e.